The first-order valence-corrected chi connectivity index (χ1v) is 13.1. The number of carbonyl (C=O) groups excluding carboxylic acids is 1. The van der Waals surface area contributed by atoms with Gasteiger partial charge in [-0.2, -0.15) is 13.2 Å². The van der Waals surface area contributed by atoms with E-state index in [1.807, 2.05) is 0 Å². The van der Waals surface area contributed by atoms with Crippen molar-refractivity contribution in [1.29, 1.82) is 0 Å². The van der Waals surface area contributed by atoms with E-state index in [4.69, 9.17) is 9.47 Å². The van der Waals surface area contributed by atoms with E-state index >= 15 is 0 Å². The van der Waals surface area contributed by atoms with Crippen LogP contribution in [-0.2, 0) is 11.2 Å². The van der Waals surface area contributed by atoms with Crippen LogP contribution >= 0.6 is 0 Å². The minimum Gasteiger partial charge on any atom is -0.490 e. The molecule has 1 aromatic carbocycles. The summed E-state index contributed by atoms with van der Waals surface area (Å²) in [5, 5.41) is 19.1. The van der Waals surface area contributed by atoms with E-state index in [1.165, 1.54) is 22.1 Å². The lowest BCUT2D eigenvalue weighted by Gasteiger charge is -2.42. The van der Waals surface area contributed by atoms with Gasteiger partial charge < -0.3 is 24.4 Å². The second-order valence-electron chi connectivity index (χ2n) is 10.9. The van der Waals surface area contributed by atoms with Crippen LogP contribution in [-0.4, -0.2) is 88.8 Å². The summed E-state index contributed by atoms with van der Waals surface area (Å²) in [6, 6.07) is 6.57. The summed E-state index contributed by atoms with van der Waals surface area (Å²) in [6.45, 7) is 5.55. The van der Waals surface area contributed by atoms with Crippen molar-refractivity contribution in [1.82, 2.24) is 14.8 Å². The van der Waals surface area contributed by atoms with Gasteiger partial charge in [0.15, 0.2) is 0 Å². The second-order valence-corrected chi connectivity index (χ2v) is 10.9. The third-order valence-corrected chi connectivity index (χ3v) is 6.42. The summed E-state index contributed by atoms with van der Waals surface area (Å²) in [7, 11) is -1.69. The summed E-state index contributed by atoms with van der Waals surface area (Å²) >= 11 is 0. The molecule has 0 aliphatic carbocycles. The van der Waals surface area contributed by atoms with E-state index < -0.39 is 50.3 Å². The largest absolute Gasteiger partial charge is 0.490 e. The zero-order valence-corrected chi connectivity index (χ0v) is 23.1. The highest BCUT2D eigenvalue weighted by Gasteiger charge is 2.41. The van der Waals surface area contributed by atoms with Crippen LogP contribution in [0.4, 0.5) is 22.4 Å². The average Bonchev–Trinajstić information content (AvgIpc) is 2.85. The van der Waals surface area contributed by atoms with E-state index in [0.717, 1.165) is 5.56 Å². The molecule has 0 spiro atoms. The van der Waals surface area contributed by atoms with Crippen molar-refractivity contribution in [2.24, 2.45) is 0 Å². The van der Waals surface area contributed by atoms with Gasteiger partial charge >= 0.3 is 19.4 Å². The lowest BCUT2D eigenvalue weighted by molar-refractivity contribution is -0.155. The standard InChI is InChI=1S/C27H36BF4N3O5/c1-18-14-19-15-20(28(37)38)6-8-22(19)24(35(18)17-27(30,31)32)23-9-7-21(16-33-23)39-13-12-34(11-5-10-29)25(36)40-26(2,3)4/h6-9,15-16,18,24,37-38H,5,10-14,17H2,1-4H3/t18-,24+/m1/s1. The van der Waals surface area contributed by atoms with Gasteiger partial charge in [-0.3, -0.25) is 14.3 Å². The van der Waals surface area contributed by atoms with E-state index in [9.17, 15) is 32.4 Å². The van der Waals surface area contributed by atoms with Crippen molar-refractivity contribution < 1.29 is 41.9 Å². The molecular formula is C27H36BF4N3O5. The van der Waals surface area contributed by atoms with Gasteiger partial charge in [-0.05, 0) is 69.3 Å². The average molecular weight is 569 g/mol. The van der Waals surface area contributed by atoms with E-state index in [0.29, 0.717) is 23.4 Å². The monoisotopic (exact) mass is 569 g/mol. The van der Waals surface area contributed by atoms with Gasteiger partial charge in [-0.15, -0.1) is 0 Å². The molecule has 0 radical (unpaired) electrons. The van der Waals surface area contributed by atoms with Crippen LogP contribution in [0.15, 0.2) is 36.5 Å². The van der Waals surface area contributed by atoms with Crippen molar-refractivity contribution in [3.05, 3.63) is 53.3 Å². The first-order valence-electron chi connectivity index (χ1n) is 13.1. The quantitative estimate of drug-likeness (QED) is 0.334. The zero-order chi connectivity index (χ0) is 29.7. The van der Waals surface area contributed by atoms with Crippen LogP contribution < -0.4 is 10.2 Å². The molecule has 0 fully saturated rings. The van der Waals surface area contributed by atoms with Crippen molar-refractivity contribution in [3.63, 3.8) is 0 Å². The number of pyridine rings is 1. The fourth-order valence-electron chi connectivity index (χ4n) is 4.67. The molecule has 0 unspecified atom stereocenters. The molecule has 1 aliphatic heterocycles. The predicted octanol–water partition coefficient (Wildman–Crippen LogP) is 3.64. The molecule has 13 heteroatoms. The maximum atomic E-state index is 13.5. The Morgan fingerprint density at radius 2 is 1.90 bits per heavy atom. The Morgan fingerprint density at radius 3 is 2.48 bits per heavy atom. The van der Waals surface area contributed by atoms with Gasteiger partial charge in [0.2, 0.25) is 0 Å². The number of alkyl halides is 4. The number of carbonyl (C=O) groups is 1. The number of ether oxygens (including phenoxy) is 2. The summed E-state index contributed by atoms with van der Waals surface area (Å²) in [4.78, 5) is 19.6. The number of halogens is 4. The van der Waals surface area contributed by atoms with E-state index in [2.05, 4.69) is 4.98 Å². The molecule has 0 bridgehead atoms. The van der Waals surface area contributed by atoms with E-state index in [-0.39, 0.29) is 31.6 Å². The van der Waals surface area contributed by atoms with Crippen molar-refractivity contribution in [3.8, 4) is 5.75 Å². The third-order valence-electron chi connectivity index (χ3n) is 6.42. The summed E-state index contributed by atoms with van der Waals surface area (Å²) in [6.07, 6.45) is -3.14. The van der Waals surface area contributed by atoms with Gasteiger partial charge in [0.05, 0.1) is 37.7 Å². The fraction of sp³-hybridized carbons (Fsp3) is 0.556. The van der Waals surface area contributed by atoms with Gasteiger partial charge in [-0.1, -0.05) is 18.2 Å². The lowest BCUT2D eigenvalue weighted by Crippen LogP contribution is -2.47. The molecule has 0 saturated heterocycles. The van der Waals surface area contributed by atoms with Crippen LogP contribution in [0, 0.1) is 0 Å². The molecule has 2 heterocycles. The predicted molar refractivity (Wildman–Crippen MR) is 142 cm³/mol. The Labute approximate surface area is 232 Å². The SMILES string of the molecule is C[C@@H]1Cc2cc(B(O)O)ccc2[C@@H](c2ccc(OCCN(CCCF)C(=O)OC(C)(C)C)cn2)N1CC(F)(F)F. The van der Waals surface area contributed by atoms with Crippen molar-refractivity contribution in [2.75, 3.05) is 32.9 Å². The molecule has 1 aromatic heterocycles. The Hall–Kier alpha value is -2.90. The van der Waals surface area contributed by atoms with Crippen LogP contribution in [0.25, 0.3) is 0 Å². The molecule has 40 heavy (non-hydrogen) atoms. The lowest BCUT2D eigenvalue weighted by atomic mass is 9.76. The van der Waals surface area contributed by atoms with Gasteiger partial charge in [0.25, 0.3) is 0 Å². The molecule has 1 aliphatic rings. The smallest absolute Gasteiger partial charge is 0.488 e. The topological polar surface area (TPSA) is 95.4 Å². The molecule has 3 rings (SSSR count). The summed E-state index contributed by atoms with van der Waals surface area (Å²) in [5.74, 6) is 0.351. The van der Waals surface area contributed by atoms with Crippen LogP contribution in [0.5, 0.6) is 5.75 Å². The molecule has 0 saturated carbocycles. The Kier molecular flexibility index (Phi) is 10.4. The highest BCUT2D eigenvalue weighted by atomic mass is 19.4. The normalized spacial score (nSPS) is 17.8. The number of amides is 1. The number of aromatic nitrogens is 1. The Morgan fingerprint density at radius 1 is 1.18 bits per heavy atom. The summed E-state index contributed by atoms with van der Waals surface area (Å²) in [5.41, 5.74) is 1.26. The molecule has 2 aromatic rings. The van der Waals surface area contributed by atoms with Crippen LogP contribution in [0.1, 0.15) is 57.0 Å². The molecule has 2 N–H and O–H groups in total. The fourth-order valence-corrected chi connectivity index (χ4v) is 4.67. The molecule has 8 nitrogen and oxygen atoms in total. The Bertz CT molecular complexity index is 1130. The number of hydrogen-bond donors (Lipinski definition) is 2. The van der Waals surface area contributed by atoms with Gasteiger partial charge in [0.1, 0.15) is 18.0 Å². The third kappa shape index (κ3) is 8.80. The first kappa shape index (κ1) is 31.6. The minimum absolute atomic E-state index is 0.0717. The second kappa shape index (κ2) is 13.2. The molecular weight excluding hydrogens is 533 g/mol. The maximum absolute atomic E-state index is 13.5. The highest BCUT2D eigenvalue weighted by Crippen LogP contribution is 2.39. The van der Waals surface area contributed by atoms with Crippen molar-refractivity contribution >= 4 is 18.7 Å². The maximum Gasteiger partial charge on any atom is 0.488 e. The zero-order valence-electron chi connectivity index (χ0n) is 23.1. The van der Waals surface area contributed by atoms with Gasteiger partial charge in [-0.25, -0.2) is 4.79 Å². The van der Waals surface area contributed by atoms with Gasteiger partial charge in [0, 0.05) is 12.6 Å². The van der Waals surface area contributed by atoms with Crippen LogP contribution in [0.3, 0.4) is 0 Å². The number of nitrogens with zero attached hydrogens (tertiary/aromatic N) is 3. The molecule has 1 amide bonds. The Balaban J connectivity index is 1.78. The minimum atomic E-state index is -4.43. The highest BCUT2D eigenvalue weighted by molar-refractivity contribution is 6.58. The number of benzene rings is 1. The first-order chi connectivity index (χ1) is 18.7. The number of fused-ring (bicyclic) bond motifs is 1. The van der Waals surface area contributed by atoms with Crippen LogP contribution in [0.2, 0.25) is 0 Å². The molecule has 2 atom stereocenters. The van der Waals surface area contributed by atoms with E-state index in [1.54, 1.807) is 52.0 Å². The summed E-state index contributed by atoms with van der Waals surface area (Å²) < 4.78 is 64.4. The number of hydrogen-bond acceptors (Lipinski definition) is 7. The van der Waals surface area contributed by atoms with Crippen molar-refractivity contribution in [2.45, 2.75) is 64.4 Å². The number of rotatable bonds is 10. The molecule has 220 valence electrons.